The van der Waals surface area contributed by atoms with Crippen molar-refractivity contribution in [1.29, 1.82) is 0 Å². The molecule has 0 aromatic carbocycles. The van der Waals surface area contributed by atoms with Crippen molar-refractivity contribution in [2.45, 2.75) is 18.8 Å². The van der Waals surface area contributed by atoms with E-state index < -0.39 is 0 Å². The molecule has 2 amide bonds. The molecule has 1 aliphatic rings. The highest BCUT2D eigenvalue weighted by Gasteiger charge is 2.28. The summed E-state index contributed by atoms with van der Waals surface area (Å²) >= 11 is 0. The van der Waals surface area contributed by atoms with Gasteiger partial charge in [0.25, 0.3) is 0 Å². The van der Waals surface area contributed by atoms with Crippen LogP contribution in [0.1, 0.15) is 24.5 Å². The predicted octanol–water partition coefficient (Wildman–Crippen LogP) is -0.00320. The van der Waals surface area contributed by atoms with Crippen molar-refractivity contribution in [3.8, 4) is 0 Å². The van der Waals surface area contributed by atoms with Crippen LogP contribution in [0, 0.1) is 0 Å². The van der Waals surface area contributed by atoms with E-state index in [2.05, 4.69) is 15.3 Å². The fraction of sp³-hybridized carbons (Fsp3) is 0.333. The Bertz CT molecular complexity index is 364. The number of hydrogen-bond acceptors (Lipinski definition) is 4. The van der Waals surface area contributed by atoms with Crippen LogP contribution < -0.4 is 5.32 Å². The fourth-order valence-corrected chi connectivity index (χ4v) is 1.47. The molecule has 1 fully saturated rings. The van der Waals surface area contributed by atoms with E-state index in [1.807, 2.05) is 0 Å². The van der Waals surface area contributed by atoms with Crippen LogP contribution in [0.3, 0.4) is 0 Å². The summed E-state index contributed by atoms with van der Waals surface area (Å²) in [6.07, 6.45) is 5.53. The van der Waals surface area contributed by atoms with E-state index in [0.29, 0.717) is 18.5 Å². The Morgan fingerprint density at radius 2 is 2.21 bits per heavy atom. The van der Waals surface area contributed by atoms with E-state index >= 15 is 0 Å². The second-order valence-corrected chi connectivity index (χ2v) is 3.13. The SMILES string of the molecule is O=C1CCC(c2cnccn2)C(=O)N1. The highest BCUT2D eigenvalue weighted by atomic mass is 16.2. The lowest BCUT2D eigenvalue weighted by molar-refractivity contribution is -0.134. The highest BCUT2D eigenvalue weighted by molar-refractivity contribution is 6.00. The quantitative estimate of drug-likeness (QED) is 0.634. The molecular weight excluding hydrogens is 182 g/mol. The van der Waals surface area contributed by atoms with Crippen LogP contribution in [0.15, 0.2) is 18.6 Å². The molecule has 5 nitrogen and oxygen atoms in total. The summed E-state index contributed by atoms with van der Waals surface area (Å²) in [4.78, 5) is 30.2. The van der Waals surface area contributed by atoms with Gasteiger partial charge in [-0.25, -0.2) is 0 Å². The van der Waals surface area contributed by atoms with Crippen molar-refractivity contribution >= 4 is 11.8 Å². The Labute approximate surface area is 80.6 Å². The molecule has 0 bridgehead atoms. The summed E-state index contributed by atoms with van der Waals surface area (Å²) in [7, 11) is 0. The lowest BCUT2D eigenvalue weighted by Gasteiger charge is -2.19. The average molecular weight is 191 g/mol. The van der Waals surface area contributed by atoms with Crippen LogP contribution in [0.25, 0.3) is 0 Å². The molecule has 1 aliphatic heterocycles. The Balaban J connectivity index is 2.20. The first-order valence-electron chi connectivity index (χ1n) is 4.37. The summed E-state index contributed by atoms with van der Waals surface area (Å²) in [5.41, 5.74) is 0.623. The van der Waals surface area contributed by atoms with Crippen LogP contribution in [0.2, 0.25) is 0 Å². The average Bonchev–Trinajstić information content (AvgIpc) is 2.19. The second-order valence-electron chi connectivity index (χ2n) is 3.13. The van der Waals surface area contributed by atoms with Crippen LogP contribution in [0.5, 0.6) is 0 Å². The molecule has 1 aromatic heterocycles. The van der Waals surface area contributed by atoms with Gasteiger partial charge in [-0.15, -0.1) is 0 Å². The topological polar surface area (TPSA) is 72.0 Å². The van der Waals surface area contributed by atoms with Gasteiger partial charge in [0.2, 0.25) is 11.8 Å². The van der Waals surface area contributed by atoms with Gasteiger partial charge in [0, 0.05) is 25.0 Å². The minimum absolute atomic E-state index is 0.213. The zero-order valence-corrected chi connectivity index (χ0v) is 7.43. The standard InChI is InChI=1S/C9H9N3O2/c13-8-2-1-6(9(14)12-8)7-5-10-3-4-11-7/h3-6H,1-2H2,(H,12,13,14). The van der Waals surface area contributed by atoms with Crippen LogP contribution in [-0.2, 0) is 9.59 Å². The first-order chi connectivity index (χ1) is 6.77. The monoisotopic (exact) mass is 191 g/mol. The number of carbonyl (C=O) groups excluding carboxylic acids is 2. The fourth-order valence-electron chi connectivity index (χ4n) is 1.47. The minimum atomic E-state index is -0.332. The largest absolute Gasteiger partial charge is 0.296 e. The minimum Gasteiger partial charge on any atom is -0.296 e. The van der Waals surface area contributed by atoms with Gasteiger partial charge < -0.3 is 0 Å². The zero-order chi connectivity index (χ0) is 9.97. The third kappa shape index (κ3) is 1.61. The molecule has 0 spiro atoms. The molecule has 1 unspecified atom stereocenters. The molecule has 5 heteroatoms. The predicted molar refractivity (Wildman–Crippen MR) is 47.2 cm³/mol. The maximum Gasteiger partial charge on any atom is 0.235 e. The molecule has 0 aliphatic carbocycles. The highest BCUT2D eigenvalue weighted by Crippen LogP contribution is 2.21. The van der Waals surface area contributed by atoms with Gasteiger partial charge in [-0.3, -0.25) is 24.9 Å². The lowest BCUT2D eigenvalue weighted by Crippen LogP contribution is -2.39. The van der Waals surface area contributed by atoms with Gasteiger partial charge in [-0.1, -0.05) is 0 Å². The van der Waals surface area contributed by atoms with Gasteiger partial charge in [-0.05, 0) is 6.42 Å². The summed E-state index contributed by atoms with van der Waals surface area (Å²) < 4.78 is 0. The molecule has 1 atom stereocenters. The molecule has 1 saturated heterocycles. The van der Waals surface area contributed by atoms with Crippen molar-refractivity contribution in [2.75, 3.05) is 0 Å². The number of hydrogen-bond donors (Lipinski definition) is 1. The van der Waals surface area contributed by atoms with E-state index in [1.54, 1.807) is 18.6 Å². The van der Waals surface area contributed by atoms with Crippen molar-refractivity contribution in [3.63, 3.8) is 0 Å². The Morgan fingerprint density at radius 3 is 2.86 bits per heavy atom. The second kappa shape index (κ2) is 3.53. The summed E-state index contributed by atoms with van der Waals surface area (Å²) in [5.74, 6) is -0.821. The van der Waals surface area contributed by atoms with Gasteiger partial charge in [0.15, 0.2) is 0 Å². The number of amides is 2. The summed E-state index contributed by atoms with van der Waals surface area (Å²) in [6, 6.07) is 0. The number of aromatic nitrogens is 2. The number of nitrogens with zero attached hydrogens (tertiary/aromatic N) is 2. The summed E-state index contributed by atoms with van der Waals surface area (Å²) in [5, 5.41) is 2.28. The van der Waals surface area contributed by atoms with Gasteiger partial charge in [0.05, 0.1) is 11.6 Å². The van der Waals surface area contributed by atoms with Crippen molar-refractivity contribution < 1.29 is 9.59 Å². The number of imide groups is 1. The Morgan fingerprint density at radius 1 is 1.36 bits per heavy atom. The molecule has 2 heterocycles. The normalized spacial score (nSPS) is 21.9. The maximum absolute atomic E-state index is 11.4. The number of carbonyl (C=O) groups is 2. The number of piperidine rings is 1. The lowest BCUT2D eigenvalue weighted by atomic mass is 9.95. The van der Waals surface area contributed by atoms with Gasteiger partial charge >= 0.3 is 0 Å². The molecule has 0 saturated carbocycles. The number of nitrogens with one attached hydrogen (secondary N) is 1. The molecule has 1 aromatic rings. The van der Waals surface area contributed by atoms with E-state index in [-0.39, 0.29) is 17.7 Å². The van der Waals surface area contributed by atoms with E-state index in [0.717, 1.165) is 0 Å². The summed E-state index contributed by atoms with van der Waals surface area (Å²) in [6.45, 7) is 0. The Hall–Kier alpha value is -1.78. The third-order valence-corrected chi connectivity index (χ3v) is 2.18. The first kappa shape index (κ1) is 8.80. The van der Waals surface area contributed by atoms with E-state index in [1.165, 1.54) is 0 Å². The van der Waals surface area contributed by atoms with Crippen LogP contribution in [-0.4, -0.2) is 21.8 Å². The molecule has 72 valence electrons. The Kier molecular flexibility index (Phi) is 2.22. The third-order valence-electron chi connectivity index (χ3n) is 2.18. The van der Waals surface area contributed by atoms with Crippen LogP contribution >= 0.6 is 0 Å². The van der Waals surface area contributed by atoms with Crippen molar-refractivity contribution in [3.05, 3.63) is 24.3 Å². The van der Waals surface area contributed by atoms with Crippen LogP contribution in [0.4, 0.5) is 0 Å². The number of rotatable bonds is 1. The molecule has 0 radical (unpaired) electrons. The molecule has 14 heavy (non-hydrogen) atoms. The molecule has 1 N–H and O–H groups in total. The van der Waals surface area contributed by atoms with Gasteiger partial charge in [0.1, 0.15) is 0 Å². The molecular formula is C9H9N3O2. The van der Waals surface area contributed by atoms with E-state index in [4.69, 9.17) is 0 Å². The van der Waals surface area contributed by atoms with Gasteiger partial charge in [-0.2, -0.15) is 0 Å². The van der Waals surface area contributed by atoms with E-state index in [9.17, 15) is 9.59 Å². The zero-order valence-electron chi connectivity index (χ0n) is 7.43. The smallest absolute Gasteiger partial charge is 0.235 e. The van der Waals surface area contributed by atoms with Crippen molar-refractivity contribution in [1.82, 2.24) is 15.3 Å². The first-order valence-corrected chi connectivity index (χ1v) is 4.37. The molecule has 2 rings (SSSR count). The van der Waals surface area contributed by atoms with Crippen molar-refractivity contribution in [2.24, 2.45) is 0 Å². The maximum atomic E-state index is 11.4.